The number of benzene rings is 7. The van der Waals surface area contributed by atoms with Gasteiger partial charge in [-0.1, -0.05) is 98.0 Å². The Morgan fingerprint density at radius 3 is 1.38 bits per heavy atom. The predicted molar refractivity (Wildman–Crippen MR) is 380 cm³/mol. The standard InChI is InChI=1S/C18H11F3O5.C17H10ClF3O3.C15H15F3O2S.C12H6F6O2S2.C11H5Cl2F3O2S/c19-18(20,21)16-13(17(24)25)8-11-7-10(3-6-14(11)26-16)15(23)9-1-4-12(22)5-2-9;18-10-6-7-12-11(8-10)13(9-4-2-1-3-5-9)14(16(22)23)15(24-12)17(19,20)21;1-14(2,3)9-4-5-11-8(6-9)7-10(13(19)20)12(21-11)15(16,17)18;13-11(14,15)9-7(10(19)20)4-5-3-6(22-12(16,17)18)1-2-8(5)21-9;12-5-1-4-2-6(10(17)18)9(11(14,15)16)19-8(4)7(13)3-5/h1-8,16,22H,(H,24,25);1-8,15H,(H,22,23);4-7,12H,1-3H3,(H,19,20);1-4,9H,(H,19,20);1-3,9H,(H,17,18). The van der Waals surface area contributed by atoms with Crippen LogP contribution in [0.3, 0.4) is 0 Å². The number of phenols is 1. The van der Waals surface area contributed by atoms with Crippen molar-refractivity contribution < 1.29 is 148 Å². The van der Waals surface area contributed by atoms with Crippen molar-refractivity contribution in [2.45, 2.75) is 110 Å². The second-order valence-electron chi connectivity index (χ2n) is 24.6. The van der Waals surface area contributed by atoms with Crippen LogP contribution in [-0.4, -0.2) is 131 Å². The summed E-state index contributed by atoms with van der Waals surface area (Å²) in [6, 6.07) is 32.4. The molecule has 6 N–H and O–H groups in total. The summed E-state index contributed by atoms with van der Waals surface area (Å²) in [6.07, 6.45) is -25.2. The van der Waals surface area contributed by atoms with Crippen LogP contribution in [0.4, 0.5) is 79.0 Å². The predicted octanol–water partition coefficient (Wildman–Crippen LogP) is 21.8. The molecule has 0 bridgehead atoms. The van der Waals surface area contributed by atoms with Gasteiger partial charge in [0.1, 0.15) is 33.0 Å². The van der Waals surface area contributed by atoms with Gasteiger partial charge in [0.15, 0.2) is 5.78 Å². The SMILES string of the molecule is CC(C)(C)c1ccc2c(c1)C=C(C(=O)O)C(C(F)(F)F)S2.O=C(O)C1=C(c2ccccc2)c2cc(Cl)ccc2OC1C(F)(F)F.O=C(O)C1=Cc2cc(C(=O)c3ccc(O)cc3)ccc2OC1C(F)(F)F.O=C(O)C1=Cc2cc(Cl)cc(Cl)c2SC1C(F)(F)F.O=C(O)C1=Cc2cc(SC(F)(F)F)ccc2SC1C(F)(F)F. The van der Waals surface area contributed by atoms with Gasteiger partial charge in [0, 0.05) is 57.5 Å². The van der Waals surface area contributed by atoms with Crippen molar-refractivity contribution in [1.29, 1.82) is 0 Å². The number of rotatable bonds is 9. The van der Waals surface area contributed by atoms with Crippen molar-refractivity contribution in [1.82, 2.24) is 0 Å². The first-order chi connectivity index (χ1) is 51.6. The van der Waals surface area contributed by atoms with Crippen LogP contribution in [-0.2, 0) is 29.4 Å². The first kappa shape index (κ1) is 88.2. The zero-order chi connectivity index (χ0) is 83.6. The molecule has 0 saturated carbocycles. The lowest BCUT2D eigenvalue weighted by Gasteiger charge is -2.30. The summed E-state index contributed by atoms with van der Waals surface area (Å²) < 4.78 is 242. The molecule has 14 nitrogen and oxygen atoms in total. The number of hydrogen-bond acceptors (Lipinski definition) is 13. The van der Waals surface area contributed by atoms with Gasteiger partial charge in [-0.15, -0.1) is 35.3 Å². The zero-order valence-corrected chi connectivity index (χ0v) is 61.5. The van der Waals surface area contributed by atoms with Crippen LogP contribution >= 0.6 is 81.9 Å². The Bertz CT molecular complexity index is 5010. The maximum Gasteiger partial charge on any atom is 0.446 e. The quantitative estimate of drug-likeness (QED) is 0.0447. The van der Waals surface area contributed by atoms with E-state index in [0.717, 1.165) is 48.1 Å². The molecule has 5 unspecified atom stereocenters. The number of halogens is 21. The summed E-state index contributed by atoms with van der Waals surface area (Å²) >= 11 is 18.3. The number of ketones is 1. The molecule has 7 aromatic carbocycles. The Kier molecular flexibility index (Phi) is 26.9. The molecule has 0 aromatic heterocycles. The highest BCUT2D eigenvalue weighted by atomic mass is 35.5. The number of fused-ring (bicyclic) bond motifs is 5. The molecule has 5 atom stereocenters. The lowest BCUT2D eigenvalue weighted by molar-refractivity contribution is -0.187. The number of carboxylic acid groups (broad SMARTS) is 5. The summed E-state index contributed by atoms with van der Waals surface area (Å²) in [7, 11) is 0. The van der Waals surface area contributed by atoms with Gasteiger partial charge in [-0.3, -0.25) is 4.79 Å². The highest BCUT2D eigenvalue weighted by Gasteiger charge is 2.53. The van der Waals surface area contributed by atoms with Crippen LogP contribution < -0.4 is 9.47 Å². The molecule has 0 saturated heterocycles. The van der Waals surface area contributed by atoms with Gasteiger partial charge < -0.3 is 40.1 Å². The normalized spacial score (nSPS) is 17.9. The summed E-state index contributed by atoms with van der Waals surface area (Å²) in [5.74, 6) is -9.04. The van der Waals surface area contributed by atoms with Crippen LogP contribution in [0.1, 0.15) is 75.6 Å². The average Bonchev–Trinajstić information content (AvgIpc) is 0.771. The summed E-state index contributed by atoms with van der Waals surface area (Å²) in [5, 5.41) is 48.7. The molecule has 0 spiro atoms. The van der Waals surface area contributed by atoms with Gasteiger partial charge >= 0.3 is 66.2 Å². The maximum atomic E-state index is 13.4. The molecule has 12 rings (SSSR count). The fraction of sp³-hybridized carbons (Fsp3) is 0.205. The molecule has 39 heteroatoms. The fourth-order valence-corrected chi connectivity index (χ4v) is 15.4. The highest BCUT2D eigenvalue weighted by Crippen LogP contribution is 2.52. The smallest absolute Gasteiger partial charge is 0.446 e. The number of carbonyl (C=O) groups is 6. The Labute approximate surface area is 651 Å². The maximum absolute atomic E-state index is 13.4. The minimum Gasteiger partial charge on any atom is -0.508 e. The van der Waals surface area contributed by atoms with E-state index in [4.69, 9.17) is 64.7 Å². The minimum absolute atomic E-state index is 0.0207. The Hall–Kier alpha value is -9.33. The number of hydrogen-bond donors (Lipinski definition) is 6. The van der Waals surface area contributed by atoms with Gasteiger partial charge in [0.2, 0.25) is 12.2 Å². The van der Waals surface area contributed by atoms with Gasteiger partial charge in [0.25, 0.3) is 0 Å². The second kappa shape index (κ2) is 34.2. The Balaban J connectivity index is 0.000000176. The van der Waals surface area contributed by atoms with Crippen molar-refractivity contribution in [3.05, 3.63) is 233 Å². The van der Waals surface area contributed by atoms with E-state index in [1.807, 2.05) is 20.8 Å². The van der Waals surface area contributed by atoms with Crippen LogP contribution in [0.15, 0.2) is 187 Å². The van der Waals surface area contributed by atoms with Gasteiger partial charge in [-0.05, 0) is 166 Å². The average molecular weight is 1720 g/mol. The lowest BCUT2D eigenvalue weighted by atomic mass is 9.86. The van der Waals surface area contributed by atoms with Crippen molar-refractivity contribution in [3.8, 4) is 17.2 Å². The van der Waals surface area contributed by atoms with E-state index < -0.39 is 140 Å². The van der Waals surface area contributed by atoms with Crippen molar-refractivity contribution in [2.24, 2.45) is 0 Å². The third kappa shape index (κ3) is 21.9. The molecule has 5 heterocycles. The van der Waals surface area contributed by atoms with Crippen LogP contribution in [0.5, 0.6) is 17.2 Å². The van der Waals surface area contributed by atoms with E-state index in [1.165, 1.54) is 72.8 Å². The number of alkyl halides is 18. The molecule has 0 fully saturated rings. The van der Waals surface area contributed by atoms with Gasteiger partial charge in [0.05, 0.1) is 32.9 Å². The Morgan fingerprint density at radius 2 is 0.893 bits per heavy atom. The van der Waals surface area contributed by atoms with E-state index in [0.29, 0.717) is 39.5 Å². The summed E-state index contributed by atoms with van der Waals surface area (Å²) in [5.41, 5.74) is -6.00. The number of ether oxygens (including phenoxy) is 2. The molecule has 7 aromatic rings. The fourth-order valence-electron chi connectivity index (χ4n) is 10.7. The molecule has 5 aliphatic rings. The second-order valence-corrected chi connectivity index (χ2v) is 30.4. The Morgan fingerprint density at radius 1 is 0.429 bits per heavy atom. The number of thioether (sulfide) groups is 4. The molecule has 594 valence electrons. The van der Waals surface area contributed by atoms with E-state index >= 15 is 0 Å². The number of aliphatic carboxylic acids is 5. The van der Waals surface area contributed by atoms with E-state index in [2.05, 4.69) is 0 Å². The van der Waals surface area contributed by atoms with E-state index in [1.54, 1.807) is 48.5 Å². The monoisotopic (exact) mass is 1720 g/mol. The highest BCUT2D eigenvalue weighted by molar-refractivity contribution is 8.01. The topological polar surface area (TPSA) is 242 Å². The third-order valence-corrected chi connectivity index (χ3v) is 21.4. The first-order valence-corrected chi connectivity index (χ1v) is 35.5. The van der Waals surface area contributed by atoms with Gasteiger partial charge in [-0.25, -0.2) is 24.0 Å². The number of carbonyl (C=O) groups excluding carboxylic acids is 1. The third-order valence-electron chi connectivity index (χ3n) is 15.6. The van der Waals surface area contributed by atoms with Gasteiger partial charge in [-0.2, -0.15) is 79.0 Å². The molecule has 0 aliphatic carbocycles. The number of aromatic hydroxyl groups is 1. The minimum atomic E-state index is -4.89. The van der Waals surface area contributed by atoms with Crippen molar-refractivity contribution >= 4 is 147 Å². The largest absolute Gasteiger partial charge is 0.508 e. The summed E-state index contributed by atoms with van der Waals surface area (Å²) in [6.45, 7) is 5.97. The van der Waals surface area contributed by atoms with Crippen LogP contribution in [0.25, 0.3) is 29.9 Å². The van der Waals surface area contributed by atoms with E-state index in [-0.39, 0.29) is 103 Å². The van der Waals surface area contributed by atoms with Crippen molar-refractivity contribution in [3.63, 3.8) is 0 Å². The first-order valence-electron chi connectivity index (χ1n) is 30.9. The molecule has 5 aliphatic heterocycles. The number of phenolic OH excluding ortho intramolecular Hbond substituents is 1. The van der Waals surface area contributed by atoms with E-state index in [9.17, 15) is 118 Å². The molecular weight excluding hydrogens is 1680 g/mol. The van der Waals surface area contributed by atoms with Crippen molar-refractivity contribution in [2.75, 3.05) is 0 Å². The summed E-state index contributed by atoms with van der Waals surface area (Å²) in [4.78, 5) is 68.7. The molecule has 0 radical (unpaired) electrons. The van der Waals surface area contributed by atoms with Crippen LogP contribution in [0.2, 0.25) is 15.1 Å². The molecule has 0 amide bonds. The molecular formula is C73H47Cl3F18O14S4. The number of carboxylic acids is 5. The van der Waals surface area contributed by atoms with Crippen LogP contribution in [0, 0.1) is 0 Å². The zero-order valence-electron chi connectivity index (χ0n) is 56.0. The lowest BCUT2D eigenvalue weighted by Crippen LogP contribution is -2.41. The molecule has 112 heavy (non-hydrogen) atoms.